The lowest BCUT2D eigenvalue weighted by Crippen LogP contribution is -2.31. The highest BCUT2D eigenvalue weighted by molar-refractivity contribution is 7.98. The van der Waals surface area contributed by atoms with E-state index in [9.17, 15) is 9.59 Å². The smallest absolute Gasteiger partial charge is 0.325 e. The lowest BCUT2D eigenvalue weighted by molar-refractivity contribution is 0.613. The minimum Gasteiger partial charge on any atom is -0.325 e. The molecule has 0 bridgehead atoms. The van der Waals surface area contributed by atoms with Gasteiger partial charge in [-0.25, -0.2) is 9.78 Å². The normalized spacial score (nSPS) is 11.3. The molecule has 6 nitrogen and oxygen atoms in total. The van der Waals surface area contributed by atoms with E-state index in [-0.39, 0.29) is 0 Å². The van der Waals surface area contributed by atoms with Gasteiger partial charge in [-0.3, -0.25) is 14.3 Å². The quantitative estimate of drug-likeness (QED) is 0.668. The number of halogens is 1. The number of nitrogens with one attached hydrogen (secondary N) is 1. The Labute approximate surface area is 153 Å². The van der Waals surface area contributed by atoms with Gasteiger partial charge in [-0.1, -0.05) is 24.9 Å². The molecule has 1 aromatic carbocycles. The Morgan fingerprint density at radius 1 is 1.24 bits per heavy atom. The van der Waals surface area contributed by atoms with Gasteiger partial charge in [-0.15, -0.1) is 11.8 Å². The molecule has 132 valence electrons. The summed E-state index contributed by atoms with van der Waals surface area (Å²) < 4.78 is 3.32. The van der Waals surface area contributed by atoms with Crippen molar-refractivity contribution in [3.63, 3.8) is 0 Å². The third-order valence-corrected chi connectivity index (χ3v) is 5.28. The van der Waals surface area contributed by atoms with Crippen LogP contribution in [0.15, 0.2) is 38.8 Å². The first kappa shape index (κ1) is 17.8. The molecule has 0 amide bonds. The van der Waals surface area contributed by atoms with Crippen LogP contribution in [0.1, 0.15) is 25.6 Å². The van der Waals surface area contributed by atoms with Gasteiger partial charge in [0.2, 0.25) is 0 Å². The zero-order valence-corrected chi connectivity index (χ0v) is 15.7. The maximum absolute atomic E-state index is 12.2. The van der Waals surface area contributed by atoms with Crippen molar-refractivity contribution in [2.24, 2.45) is 7.05 Å². The lowest BCUT2D eigenvalue weighted by Gasteiger charge is -2.04. The predicted octanol–water partition coefficient (Wildman–Crippen LogP) is 3.17. The number of hydrogen-bond acceptors (Lipinski definition) is 4. The van der Waals surface area contributed by atoms with E-state index in [1.165, 1.54) is 0 Å². The molecular formula is C17H19ClN4O2S. The number of hydrogen-bond donors (Lipinski definition) is 1. The monoisotopic (exact) mass is 378 g/mol. The fourth-order valence-corrected chi connectivity index (χ4v) is 3.63. The van der Waals surface area contributed by atoms with Crippen molar-refractivity contribution < 1.29 is 0 Å². The van der Waals surface area contributed by atoms with E-state index in [1.807, 2.05) is 24.3 Å². The number of nitrogens with zero attached hydrogens (tertiary/aromatic N) is 3. The van der Waals surface area contributed by atoms with E-state index >= 15 is 0 Å². The maximum atomic E-state index is 12.2. The number of aryl methyl sites for hydroxylation is 2. The first-order chi connectivity index (χ1) is 12.0. The van der Waals surface area contributed by atoms with E-state index in [2.05, 4.69) is 16.9 Å². The van der Waals surface area contributed by atoms with Gasteiger partial charge in [-0.2, -0.15) is 0 Å². The predicted molar refractivity (Wildman–Crippen MR) is 102 cm³/mol. The van der Waals surface area contributed by atoms with Crippen LogP contribution in [0.2, 0.25) is 5.02 Å². The summed E-state index contributed by atoms with van der Waals surface area (Å²) in [7, 11) is 1.80. The van der Waals surface area contributed by atoms with Gasteiger partial charge in [0.25, 0.3) is 5.56 Å². The fourth-order valence-electron chi connectivity index (χ4n) is 2.62. The highest BCUT2D eigenvalue weighted by atomic mass is 35.5. The molecule has 0 aliphatic heterocycles. The van der Waals surface area contributed by atoms with Crippen LogP contribution in [0.3, 0.4) is 0 Å². The SMILES string of the molecule is CCCCn1c(=O)[nH]c(=O)c2c1nc(CSc1ccc(Cl)cc1)n2C. The average Bonchev–Trinajstić information content (AvgIpc) is 2.91. The number of aromatic nitrogens is 4. The Balaban J connectivity index is 1.97. The second-order valence-electron chi connectivity index (χ2n) is 5.77. The van der Waals surface area contributed by atoms with Gasteiger partial charge in [0.15, 0.2) is 11.2 Å². The van der Waals surface area contributed by atoms with Crippen LogP contribution < -0.4 is 11.2 Å². The van der Waals surface area contributed by atoms with Crippen LogP contribution >= 0.6 is 23.4 Å². The highest BCUT2D eigenvalue weighted by Crippen LogP contribution is 2.24. The first-order valence-corrected chi connectivity index (χ1v) is 9.44. The molecule has 1 N–H and O–H groups in total. The van der Waals surface area contributed by atoms with Gasteiger partial charge in [0.05, 0.1) is 5.75 Å². The summed E-state index contributed by atoms with van der Waals surface area (Å²) in [6, 6.07) is 7.57. The number of unbranched alkanes of at least 4 members (excludes halogenated alkanes) is 1. The lowest BCUT2D eigenvalue weighted by atomic mass is 10.3. The Morgan fingerprint density at radius 3 is 2.64 bits per heavy atom. The van der Waals surface area contributed by atoms with Gasteiger partial charge >= 0.3 is 5.69 Å². The molecule has 0 radical (unpaired) electrons. The van der Waals surface area contributed by atoms with Crippen molar-refractivity contribution in [3.05, 3.63) is 56.0 Å². The number of imidazole rings is 1. The highest BCUT2D eigenvalue weighted by Gasteiger charge is 2.16. The standard InChI is InChI=1S/C17H19ClN4O2S/c1-3-4-9-22-15-14(16(23)20-17(22)24)21(2)13(19-15)10-25-12-7-5-11(18)6-8-12/h5-8H,3-4,9-10H2,1-2H3,(H,20,23,24). The third-order valence-electron chi connectivity index (χ3n) is 4.02. The molecule has 0 spiro atoms. The molecule has 3 aromatic rings. The largest absolute Gasteiger partial charge is 0.330 e. The molecular weight excluding hydrogens is 360 g/mol. The number of fused-ring (bicyclic) bond motifs is 1. The molecule has 2 aromatic heterocycles. The molecule has 0 atom stereocenters. The second-order valence-corrected chi connectivity index (χ2v) is 7.25. The molecule has 0 unspecified atom stereocenters. The van der Waals surface area contributed by atoms with Crippen molar-refractivity contribution in [2.75, 3.05) is 0 Å². The van der Waals surface area contributed by atoms with Crippen LogP contribution in [0.4, 0.5) is 0 Å². The minimum atomic E-state index is -0.402. The Hall–Kier alpha value is -1.99. The molecule has 0 saturated carbocycles. The van der Waals surface area contributed by atoms with Gasteiger partial charge in [0.1, 0.15) is 5.82 Å². The van der Waals surface area contributed by atoms with Crippen molar-refractivity contribution in [1.82, 2.24) is 19.1 Å². The Kier molecular flexibility index (Phi) is 5.34. The number of H-pyrrole nitrogens is 1. The molecule has 0 saturated heterocycles. The average molecular weight is 379 g/mol. The fraction of sp³-hybridized carbons (Fsp3) is 0.353. The number of rotatable bonds is 6. The molecule has 3 rings (SSSR count). The van der Waals surface area contributed by atoms with E-state index in [0.717, 1.165) is 23.6 Å². The van der Waals surface area contributed by atoms with Gasteiger partial charge < -0.3 is 4.57 Å². The van der Waals surface area contributed by atoms with Crippen molar-refractivity contribution in [1.29, 1.82) is 0 Å². The van der Waals surface area contributed by atoms with E-state index in [1.54, 1.807) is 27.9 Å². The molecule has 2 heterocycles. The number of benzene rings is 1. The van der Waals surface area contributed by atoms with Crippen LogP contribution in [0.5, 0.6) is 0 Å². The van der Waals surface area contributed by atoms with E-state index in [4.69, 9.17) is 11.6 Å². The summed E-state index contributed by atoms with van der Waals surface area (Å²) in [5.74, 6) is 1.34. The summed E-state index contributed by atoms with van der Waals surface area (Å²) in [4.78, 5) is 32.4. The summed E-state index contributed by atoms with van der Waals surface area (Å²) in [5.41, 5.74) is 0.0882. The summed E-state index contributed by atoms with van der Waals surface area (Å²) >= 11 is 7.51. The van der Waals surface area contributed by atoms with Gasteiger partial charge in [-0.05, 0) is 30.7 Å². The maximum Gasteiger partial charge on any atom is 0.330 e. The van der Waals surface area contributed by atoms with Crippen LogP contribution in [0, 0.1) is 0 Å². The summed E-state index contributed by atoms with van der Waals surface area (Å²) in [6.07, 6.45) is 1.81. The molecule has 0 fully saturated rings. The van der Waals surface area contributed by atoms with Crippen LogP contribution in [-0.4, -0.2) is 19.1 Å². The number of thioether (sulfide) groups is 1. The third kappa shape index (κ3) is 3.67. The Morgan fingerprint density at radius 2 is 1.96 bits per heavy atom. The van der Waals surface area contributed by atoms with Gasteiger partial charge in [0, 0.05) is 23.5 Å². The zero-order valence-electron chi connectivity index (χ0n) is 14.1. The van der Waals surface area contributed by atoms with Crippen molar-refractivity contribution >= 4 is 34.5 Å². The molecule has 25 heavy (non-hydrogen) atoms. The number of aromatic amines is 1. The molecule has 0 aliphatic carbocycles. The van der Waals surface area contributed by atoms with E-state index < -0.39 is 11.2 Å². The first-order valence-electron chi connectivity index (χ1n) is 8.08. The summed E-state index contributed by atoms with van der Waals surface area (Å²) in [5, 5.41) is 0.693. The Bertz CT molecular complexity index is 1000. The second kappa shape index (κ2) is 7.49. The van der Waals surface area contributed by atoms with Crippen LogP contribution in [0.25, 0.3) is 11.2 Å². The molecule has 0 aliphatic rings. The summed E-state index contributed by atoms with van der Waals surface area (Å²) in [6.45, 7) is 2.60. The molecule has 8 heteroatoms. The van der Waals surface area contributed by atoms with Crippen LogP contribution in [-0.2, 0) is 19.3 Å². The zero-order chi connectivity index (χ0) is 18.0. The van der Waals surface area contributed by atoms with E-state index in [0.29, 0.717) is 28.5 Å². The topological polar surface area (TPSA) is 72.7 Å². The van der Waals surface area contributed by atoms with Crippen molar-refractivity contribution in [2.45, 2.75) is 37.0 Å². The van der Waals surface area contributed by atoms with Crippen molar-refractivity contribution in [3.8, 4) is 0 Å². The minimum absolute atomic E-state index is 0.398.